The summed E-state index contributed by atoms with van der Waals surface area (Å²) in [6.07, 6.45) is 2.94. The van der Waals surface area contributed by atoms with E-state index in [9.17, 15) is 4.79 Å². The average molecular weight is 323 g/mol. The molecule has 1 N–H and O–H groups in total. The SMILES string of the molecule is COc1ccc(C)cc1C(C)NC(=O)C1(c2ccccc2)CCC1. The molecule has 0 radical (unpaired) electrons. The first-order valence-electron chi connectivity index (χ1n) is 8.58. The molecular formula is C21H25NO2. The second-order valence-corrected chi connectivity index (χ2v) is 6.74. The molecule has 0 bridgehead atoms. The normalized spacial score (nSPS) is 16.8. The largest absolute Gasteiger partial charge is 0.496 e. The fourth-order valence-corrected chi connectivity index (χ4v) is 3.54. The maximum absolute atomic E-state index is 13.1. The Morgan fingerprint density at radius 3 is 2.46 bits per heavy atom. The van der Waals surface area contributed by atoms with Gasteiger partial charge >= 0.3 is 0 Å². The van der Waals surface area contributed by atoms with Crippen LogP contribution in [0.1, 0.15) is 48.9 Å². The van der Waals surface area contributed by atoms with Crippen molar-refractivity contribution in [3.63, 3.8) is 0 Å². The Balaban J connectivity index is 1.83. The molecule has 2 aromatic carbocycles. The van der Waals surface area contributed by atoms with Crippen LogP contribution in [0.3, 0.4) is 0 Å². The van der Waals surface area contributed by atoms with Gasteiger partial charge in [0.1, 0.15) is 5.75 Å². The van der Waals surface area contributed by atoms with Crippen molar-refractivity contribution in [2.45, 2.75) is 44.6 Å². The molecule has 2 aromatic rings. The lowest BCUT2D eigenvalue weighted by Gasteiger charge is -2.41. The summed E-state index contributed by atoms with van der Waals surface area (Å²) in [4.78, 5) is 13.1. The number of amides is 1. The Labute approximate surface area is 144 Å². The van der Waals surface area contributed by atoms with Gasteiger partial charge in [-0.2, -0.15) is 0 Å². The molecule has 126 valence electrons. The number of hydrogen-bond donors (Lipinski definition) is 1. The first kappa shape index (κ1) is 16.6. The molecule has 1 unspecified atom stereocenters. The monoisotopic (exact) mass is 323 g/mol. The fourth-order valence-electron chi connectivity index (χ4n) is 3.54. The van der Waals surface area contributed by atoms with Gasteiger partial charge < -0.3 is 10.1 Å². The third-order valence-electron chi connectivity index (χ3n) is 5.17. The molecule has 3 rings (SSSR count). The van der Waals surface area contributed by atoms with E-state index in [0.717, 1.165) is 41.7 Å². The molecule has 1 atom stereocenters. The number of aryl methyl sites for hydroxylation is 1. The number of rotatable bonds is 5. The Kier molecular flexibility index (Phi) is 4.61. The van der Waals surface area contributed by atoms with Crippen LogP contribution >= 0.6 is 0 Å². The first-order valence-corrected chi connectivity index (χ1v) is 8.58. The molecule has 1 saturated carbocycles. The van der Waals surface area contributed by atoms with Crippen LogP contribution in [0.2, 0.25) is 0 Å². The number of carbonyl (C=O) groups is 1. The highest BCUT2D eigenvalue weighted by Crippen LogP contribution is 2.44. The molecule has 0 spiro atoms. The summed E-state index contributed by atoms with van der Waals surface area (Å²) < 4.78 is 5.46. The third-order valence-corrected chi connectivity index (χ3v) is 5.17. The summed E-state index contributed by atoms with van der Waals surface area (Å²) in [6.45, 7) is 4.07. The summed E-state index contributed by atoms with van der Waals surface area (Å²) in [5.41, 5.74) is 2.94. The van der Waals surface area contributed by atoms with Crippen LogP contribution in [-0.4, -0.2) is 13.0 Å². The van der Waals surface area contributed by atoms with Crippen LogP contribution in [0.5, 0.6) is 5.75 Å². The Hall–Kier alpha value is -2.29. The summed E-state index contributed by atoms with van der Waals surface area (Å²) in [5.74, 6) is 0.937. The van der Waals surface area contributed by atoms with E-state index in [2.05, 4.69) is 30.4 Å². The molecule has 1 amide bonds. The molecular weight excluding hydrogens is 298 g/mol. The summed E-state index contributed by atoms with van der Waals surface area (Å²) in [7, 11) is 1.67. The minimum absolute atomic E-state index is 0.0893. The summed E-state index contributed by atoms with van der Waals surface area (Å²) in [6, 6.07) is 16.1. The van der Waals surface area contributed by atoms with E-state index < -0.39 is 0 Å². The predicted octanol–water partition coefficient (Wildman–Crippen LogP) is 4.30. The summed E-state index contributed by atoms with van der Waals surface area (Å²) in [5, 5.41) is 3.22. The van der Waals surface area contributed by atoms with Gasteiger partial charge in [0.2, 0.25) is 5.91 Å². The van der Waals surface area contributed by atoms with Gasteiger partial charge in [-0.1, -0.05) is 54.4 Å². The highest BCUT2D eigenvalue weighted by molar-refractivity contribution is 5.89. The van der Waals surface area contributed by atoms with Gasteiger partial charge in [0.15, 0.2) is 0 Å². The van der Waals surface area contributed by atoms with Crippen molar-refractivity contribution in [1.82, 2.24) is 5.32 Å². The predicted molar refractivity (Wildman–Crippen MR) is 96.3 cm³/mol. The van der Waals surface area contributed by atoms with E-state index >= 15 is 0 Å². The van der Waals surface area contributed by atoms with Crippen LogP contribution in [-0.2, 0) is 10.2 Å². The number of ether oxygens (including phenoxy) is 1. The molecule has 24 heavy (non-hydrogen) atoms. The Morgan fingerprint density at radius 2 is 1.88 bits per heavy atom. The molecule has 1 aliphatic carbocycles. The van der Waals surface area contributed by atoms with Crippen LogP contribution in [0, 0.1) is 6.92 Å². The molecule has 0 heterocycles. The second kappa shape index (κ2) is 6.68. The van der Waals surface area contributed by atoms with Crippen molar-refractivity contribution in [3.8, 4) is 5.75 Å². The van der Waals surface area contributed by atoms with Crippen LogP contribution in [0.25, 0.3) is 0 Å². The standard InChI is InChI=1S/C21H25NO2/c1-15-10-11-19(24-3)18(14-15)16(2)22-20(23)21(12-7-13-21)17-8-5-4-6-9-17/h4-6,8-11,14,16H,7,12-13H2,1-3H3,(H,22,23). The smallest absolute Gasteiger partial charge is 0.231 e. The molecule has 0 aromatic heterocycles. The maximum atomic E-state index is 13.1. The van der Waals surface area contributed by atoms with Crippen LogP contribution in [0.4, 0.5) is 0 Å². The molecule has 3 heteroatoms. The zero-order valence-corrected chi connectivity index (χ0v) is 14.6. The molecule has 1 fully saturated rings. The van der Waals surface area contributed by atoms with Crippen LogP contribution in [0.15, 0.2) is 48.5 Å². The number of hydrogen-bond acceptors (Lipinski definition) is 2. The number of nitrogens with one attached hydrogen (secondary N) is 1. The highest BCUT2D eigenvalue weighted by Gasteiger charge is 2.45. The first-order chi connectivity index (χ1) is 11.6. The highest BCUT2D eigenvalue weighted by atomic mass is 16.5. The Bertz CT molecular complexity index is 720. The number of carbonyl (C=O) groups excluding carboxylic acids is 1. The van der Waals surface area contributed by atoms with Gasteiger partial charge in [0.25, 0.3) is 0 Å². The quantitative estimate of drug-likeness (QED) is 0.891. The topological polar surface area (TPSA) is 38.3 Å². The lowest BCUT2D eigenvalue weighted by molar-refractivity contribution is -0.130. The lowest BCUT2D eigenvalue weighted by atomic mass is 9.63. The van der Waals surface area contributed by atoms with E-state index in [-0.39, 0.29) is 17.4 Å². The number of benzene rings is 2. The zero-order chi connectivity index (χ0) is 17.2. The molecule has 1 aliphatic rings. The minimum Gasteiger partial charge on any atom is -0.496 e. The van der Waals surface area contributed by atoms with Crippen molar-refractivity contribution in [2.24, 2.45) is 0 Å². The van der Waals surface area contributed by atoms with Gasteiger partial charge in [-0.05, 0) is 38.3 Å². The average Bonchev–Trinajstić information content (AvgIpc) is 2.54. The van der Waals surface area contributed by atoms with Crippen molar-refractivity contribution in [3.05, 3.63) is 65.2 Å². The third kappa shape index (κ3) is 2.91. The van der Waals surface area contributed by atoms with E-state index in [1.807, 2.05) is 37.3 Å². The van der Waals surface area contributed by atoms with Gasteiger partial charge in [-0.25, -0.2) is 0 Å². The summed E-state index contributed by atoms with van der Waals surface area (Å²) >= 11 is 0. The van der Waals surface area contributed by atoms with Crippen molar-refractivity contribution in [1.29, 1.82) is 0 Å². The zero-order valence-electron chi connectivity index (χ0n) is 14.6. The van der Waals surface area contributed by atoms with Gasteiger partial charge in [0, 0.05) is 5.56 Å². The second-order valence-electron chi connectivity index (χ2n) is 6.74. The molecule has 3 nitrogen and oxygen atoms in total. The van der Waals surface area contributed by atoms with Crippen LogP contribution < -0.4 is 10.1 Å². The number of methoxy groups -OCH3 is 1. The van der Waals surface area contributed by atoms with Gasteiger partial charge in [0.05, 0.1) is 18.6 Å². The lowest BCUT2D eigenvalue weighted by Crippen LogP contribution is -2.49. The van der Waals surface area contributed by atoms with E-state index in [1.165, 1.54) is 0 Å². The van der Waals surface area contributed by atoms with E-state index in [1.54, 1.807) is 7.11 Å². The van der Waals surface area contributed by atoms with Crippen molar-refractivity contribution >= 4 is 5.91 Å². The van der Waals surface area contributed by atoms with Gasteiger partial charge in [-0.3, -0.25) is 4.79 Å². The van der Waals surface area contributed by atoms with Crippen molar-refractivity contribution < 1.29 is 9.53 Å². The maximum Gasteiger partial charge on any atom is 0.231 e. The van der Waals surface area contributed by atoms with Crippen molar-refractivity contribution in [2.75, 3.05) is 7.11 Å². The fraction of sp³-hybridized carbons (Fsp3) is 0.381. The Morgan fingerprint density at radius 1 is 1.17 bits per heavy atom. The molecule has 0 saturated heterocycles. The molecule has 0 aliphatic heterocycles. The van der Waals surface area contributed by atoms with Gasteiger partial charge in [-0.15, -0.1) is 0 Å². The minimum atomic E-state index is -0.368. The van der Waals surface area contributed by atoms with E-state index in [4.69, 9.17) is 4.74 Å². The van der Waals surface area contributed by atoms with E-state index in [0.29, 0.717) is 0 Å².